The molecule has 1 aromatic carbocycles. The van der Waals surface area contributed by atoms with Gasteiger partial charge in [-0.2, -0.15) is 0 Å². The molecule has 0 atom stereocenters. The molecule has 4 aliphatic carbocycles. The lowest BCUT2D eigenvalue weighted by Crippen LogP contribution is -2.51. The molecule has 132 valence electrons. The third-order valence-corrected chi connectivity index (χ3v) is 6.73. The minimum Gasteiger partial charge on any atom is -0.455 e. The first kappa shape index (κ1) is 17.0. The first-order valence-electron chi connectivity index (χ1n) is 9.16. The van der Waals surface area contributed by atoms with Crippen LogP contribution in [0.4, 0.5) is 0 Å². The van der Waals surface area contributed by atoms with Gasteiger partial charge in [0.15, 0.2) is 12.4 Å². The summed E-state index contributed by atoms with van der Waals surface area (Å²) in [6.45, 7) is -0.0756. The van der Waals surface area contributed by atoms with Gasteiger partial charge in [0.05, 0.1) is 0 Å². The molecule has 0 aliphatic heterocycles. The van der Waals surface area contributed by atoms with Gasteiger partial charge in [-0.25, -0.2) is 4.79 Å². The lowest BCUT2D eigenvalue weighted by Gasteiger charge is -2.55. The van der Waals surface area contributed by atoms with Gasteiger partial charge in [0.2, 0.25) is 0 Å². The van der Waals surface area contributed by atoms with Gasteiger partial charge in [0, 0.05) is 16.0 Å². The minimum atomic E-state index is -0.446. The number of esters is 1. The Morgan fingerprint density at radius 2 is 1.76 bits per heavy atom. The molecular weight excluding hydrogens is 380 g/mol. The number of Topliss-reactive ketones (excluding diaryl/α,β-unsaturated/α-hetero) is 1. The normalized spacial score (nSPS) is 32.9. The number of rotatable bonds is 5. The number of halogens is 1. The first-order chi connectivity index (χ1) is 12.0. The number of ether oxygens (including phenoxy) is 1. The molecule has 0 N–H and O–H groups in total. The molecule has 4 aliphatic rings. The van der Waals surface area contributed by atoms with Gasteiger partial charge < -0.3 is 4.74 Å². The van der Waals surface area contributed by atoms with Crippen molar-refractivity contribution in [3.05, 3.63) is 40.4 Å². The zero-order valence-electron chi connectivity index (χ0n) is 14.2. The Bertz CT molecular complexity index is 686. The number of benzene rings is 1. The van der Waals surface area contributed by atoms with Crippen LogP contribution in [0.25, 0.3) is 6.08 Å². The third kappa shape index (κ3) is 3.59. The van der Waals surface area contributed by atoms with Crippen molar-refractivity contribution in [2.45, 2.75) is 38.5 Å². The van der Waals surface area contributed by atoms with Crippen molar-refractivity contribution in [3.8, 4) is 0 Å². The van der Waals surface area contributed by atoms with Gasteiger partial charge in [-0.3, -0.25) is 4.79 Å². The van der Waals surface area contributed by atoms with E-state index in [0.29, 0.717) is 0 Å². The molecule has 4 fully saturated rings. The molecule has 0 unspecified atom stereocenters. The molecule has 5 rings (SSSR count). The predicted molar refractivity (Wildman–Crippen MR) is 99.7 cm³/mol. The van der Waals surface area contributed by atoms with Crippen molar-refractivity contribution < 1.29 is 14.3 Å². The van der Waals surface area contributed by atoms with Crippen molar-refractivity contribution in [2.24, 2.45) is 23.2 Å². The van der Waals surface area contributed by atoms with Crippen molar-refractivity contribution in [2.75, 3.05) is 6.61 Å². The summed E-state index contributed by atoms with van der Waals surface area (Å²) in [6, 6.07) is 7.67. The lowest BCUT2D eigenvalue weighted by molar-refractivity contribution is -0.155. The van der Waals surface area contributed by atoms with E-state index in [1.54, 1.807) is 6.08 Å². The molecular formula is C21H23BrO3. The Morgan fingerprint density at radius 1 is 1.12 bits per heavy atom. The molecule has 3 nitrogen and oxygen atoms in total. The number of ketones is 1. The van der Waals surface area contributed by atoms with Crippen LogP contribution < -0.4 is 0 Å². The predicted octanol–water partition coefficient (Wildman–Crippen LogP) is 4.79. The second-order valence-corrected chi connectivity index (χ2v) is 9.03. The average Bonchev–Trinajstić information content (AvgIpc) is 2.56. The van der Waals surface area contributed by atoms with Crippen LogP contribution in [0.5, 0.6) is 0 Å². The van der Waals surface area contributed by atoms with Gasteiger partial charge in [-0.05, 0) is 80.1 Å². The molecule has 4 bridgehead atoms. The molecule has 0 amide bonds. The van der Waals surface area contributed by atoms with E-state index in [-0.39, 0.29) is 17.8 Å². The quantitative estimate of drug-likeness (QED) is 0.525. The van der Waals surface area contributed by atoms with E-state index in [0.717, 1.165) is 47.1 Å². The highest BCUT2D eigenvalue weighted by Gasteiger charge is 2.54. The fourth-order valence-electron chi connectivity index (χ4n) is 5.56. The van der Waals surface area contributed by atoms with Crippen LogP contribution in [0.3, 0.4) is 0 Å². The molecule has 1 aromatic rings. The van der Waals surface area contributed by atoms with Crippen molar-refractivity contribution >= 4 is 33.8 Å². The second kappa shape index (κ2) is 6.71. The Morgan fingerprint density at radius 3 is 2.36 bits per heavy atom. The van der Waals surface area contributed by atoms with E-state index in [9.17, 15) is 9.59 Å². The van der Waals surface area contributed by atoms with Gasteiger partial charge in [0.25, 0.3) is 0 Å². The van der Waals surface area contributed by atoms with Crippen LogP contribution in [0, 0.1) is 23.2 Å². The summed E-state index contributed by atoms with van der Waals surface area (Å²) < 4.78 is 6.22. The molecule has 0 radical (unpaired) electrons. The van der Waals surface area contributed by atoms with Crippen molar-refractivity contribution in [3.63, 3.8) is 0 Å². The fraction of sp³-hybridized carbons (Fsp3) is 0.524. The molecule has 0 saturated heterocycles. The fourth-order valence-corrected chi connectivity index (χ4v) is 5.98. The lowest BCUT2D eigenvalue weighted by atomic mass is 9.48. The number of hydrogen-bond acceptors (Lipinski definition) is 3. The van der Waals surface area contributed by atoms with Crippen LogP contribution in [0.1, 0.15) is 44.1 Å². The smallest absolute Gasteiger partial charge is 0.331 e. The summed E-state index contributed by atoms with van der Waals surface area (Å²) in [5.74, 6) is 1.88. The maximum absolute atomic E-state index is 12.8. The molecule has 0 aromatic heterocycles. The highest BCUT2D eigenvalue weighted by atomic mass is 79.9. The molecule has 0 spiro atoms. The molecule has 0 heterocycles. The highest BCUT2D eigenvalue weighted by Crippen LogP contribution is 2.60. The average molecular weight is 403 g/mol. The number of carbonyl (C=O) groups excluding carboxylic acids is 2. The SMILES string of the molecule is O=C(C=Cc1cccc(Br)c1)OCC(=O)C12CC3CC(CC(C3)C1)C2. The number of carbonyl (C=O) groups is 2. The Kier molecular flexibility index (Phi) is 4.57. The van der Waals surface area contributed by atoms with Crippen molar-refractivity contribution in [1.82, 2.24) is 0 Å². The van der Waals surface area contributed by atoms with Crippen LogP contribution in [0.15, 0.2) is 34.8 Å². The summed E-state index contributed by atoms with van der Waals surface area (Å²) in [5.41, 5.74) is 0.724. The summed E-state index contributed by atoms with van der Waals surface area (Å²) in [4.78, 5) is 24.8. The maximum Gasteiger partial charge on any atom is 0.331 e. The maximum atomic E-state index is 12.8. The van der Waals surface area contributed by atoms with E-state index in [1.807, 2.05) is 24.3 Å². The zero-order chi connectivity index (χ0) is 17.4. The largest absolute Gasteiger partial charge is 0.455 e. The summed E-state index contributed by atoms with van der Waals surface area (Å²) in [6.07, 6.45) is 10.1. The van der Waals surface area contributed by atoms with Gasteiger partial charge in [-0.15, -0.1) is 0 Å². The summed E-state index contributed by atoms with van der Waals surface area (Å²) in [5, 5.41) is 0. The summed E-state index contributed by atoms with van der Waals surface area (Å²) >= 11 is 3.40. The second-order valence-electron chi connectivity index (χ2n) is 8.12. The van der Waals surface area contributed by atoms with Crippen molar-refractivity contribution in [1.29, 1.82) is 0 Å². The minimum absolute atomic E-state index is 0.0756. The van der Waals surface area contributed by atoms with Crippen LogP contribution in [-0.2, 0) is 14.3 Å². The standard InChI is InChI=1S/C21H23BrO3/c22-18-3-1-2-14(9-18)4-5-20(24)25-13-19(23)21-10-15-6-16(11-21)8-17(7-15)12-21/h1-5,9,15-17H,6-8,10-13H2. The topological polar surface area (TPSA) is 43.4 Å². The highest BCUT2D eigenvalue weighted by molar-refractivity contribution is 9.10. The Hall–Kier alpha value is -1.42. The van der Waals surface area contributed by atoms with E-state index in [4.69, 9.17) is 4.74 Å². The van der Waals surface area contributed by atoms with Gasteiger partial charge in [-0.1, -0.05) is 28.1 Å². The van der Waals surface area contributed by atoms with E-state index in [1.165, 1.54) is 25.3 Å². The molecule has 4 heteroatoms. The number of hydrogen-bond donors (Lipinski definition) is 0. The van der Waals surface area contributed by atoms with Gasteiger partial charge >= 0.3 is 5.97 Å². The van der Waals surface area contributed by atoms with E-state index >= 15 is 0 Å². The third-order valence-electron chi connectivity index (χ3n) is 6.24. The monoisotopic (exact) mass is 402 g/mol. The van der Waals surface area contributed by atoms with Gasteiger partial charge in [0.1, 0.15) is 0 Å². The van der Waals surface area contributed by atoms with E-state index < -0.39 is 5.97 Å². The van der Waals surface area contributed by atoms with Crippen LogP contribution in [0.2, 0.25) is 0 Å². The Balaban J connectivity index is 1.33. The first-order valence-corrected chi connectivity index (χ1v) is 9.95. The van der Waals surface area contributed by atoms with Crippen LogP contribution in [-0.4, -0.2) is 18.4 Å². The summed E-state index contributed by atoms with van der Waals surface area (Å²) in [7, 11) is 0. The zero-order valence-corrected chi connectivity index (χ0v) is 15.8. The Labute approximate surface area is 157 Å². The molecule has 4 saturated carbocycles. The molecule has 25 heavy (non-hydrogen) atoms. The van der Waals surface area contributed by atoms with E-state index in [2.05, 4.69) is 15.9 Å². The van der Waals surface area contributed by atoms with Crippen LogP contribution >= 0.6 is 15.9 Å².